The van der Waals surface area contributed by atoms with Crippen LogP contribution in [-0.4, -0.2) is 34.8 Å². The standard InChI is InChI=1S/C23H23ClN4O3S2/c1-14-11-15(2)22-19(12-14)32-23(26-22)28-20(13-16(3)27-28)25-21(29)5-4-10-33(30,31)18-8-6-17(24)7-9-18/h6-9,11-13H,4-5,10H2,1-3H3,(H,25,29). The zero-order valence-electron chi connectivity index (χ0n) is 18.4. The van der Waals surface area contributed by atoms with Crippen molar-refractivity contribution in [3.63, 3.8) is 0 Å². The SMILES string of the molecule is Cc1cc(C)c2nc(-n3nc(C)cc3NC(=O)CCCS(=O)(=O)c3ccc(Cl)cc3)sc2c1. The minimum Gasteiger partial charge on any atom is -0.311 e. The molecule has 33 heavy (non-hydrogen) atoms. The first-order valence-corrected chi connectivity index (χ1v) is 13.2. The fraction of sp³-hybridized carbons (Fsp3) is 0.261. The summed E-state index contributed by atoms with van der Waals surface area (Å²) in [5, 5.41) is 8.47. The van der Waals surface area contributed by atoms with Crippen molar-refractivity contribution in [2.45, 2.75) is 38.5 Å². The molecule has 0 atom stereocenters. The molecule has 0 saturated heterocycles. The van der Waals surface area contributed by atoms with Gasteiger partial charge in [-0.15, -0.1) is 0 Å². The maximum absolute atomic E-state index is 12.6. The van der Waals surface area contributed by atoms with E-state index in [1.807, 2.05) is 20.8 Å². The first-order valence-electron chi connectivity index (χ1n) is 10.4. The van der Waals surface area contributed by atoms with Gasteiger partial charge in [0, 0.05) is 17.5 Å². The van der Waals surface area contributed by atoms with Gasteiger partial charge in [-0.1, -0.05) is 29.0 Å². The summed E-state index contributed by atoms with van der Waals surface area (Å²) in [6, 6.07) is 12.0. The molecule has 0 aliphatic carbocycles. The Morgan fingerprint density at radius 3 is 2.58 bits per heavy atom. The number of benzene rings is 2. The van der Waals surface area contributed by atoms with Crippen LogP contribution in [0.1, 0.15) is 29.7 Å². The number of carbonyl (C=O) groups is 1. The Morgan fingerprint density at radius 1 is 1.12 bits per heavy atom. The van der Waals surface area contributed by atoms with Crippen molar-refractivity contribution in [1.29, 1.82) is 0 Å². The molecule has 1 amide bonds. The lowest BCUT2D eigenvalue weighted by Crippen LogP contribution is -2.16. The third-order valence-corrected chi connectivity index (χ3v) is 8.13. The van der Waals surface area contributed by atoms with Gasteiger partial charge >= 0.3 is 0 Å². The summed E-state index contributed by atoms with van der Waals surface area (Å²) in [6.45, 7) is 5.91. The highest BCUT2D eigenvalue weighted by Gasteiger charge is 2.18. The molecular formula is C23H23ClN4O3S2. The number of fused-ring (bicyclic) bond motifs is 1. The minimum atomic E-state index is -3.48. The van der Waals surface area contributed by atoms with Crippen LogP contribution in [0.25, 0.3) is 15.3 Å². The van der Waals surface area contributed by atoms with Gasteiger partial charge in [0.25, 0.3) is 0 Å². The zero-order valence-corrected chi connectivity index (χ0v) is 20.8. The Hall–Kier alpha value is -2.75. The zero-order chi connectivity index (χ0) is 23.8. The topological polar surface area (TPSA) is 93.9 Å². The molecule has 7 nitrogen and oxygen atoms in total. The summed E-state index contributed by atoms with van der Waals surface area (Å²) in [6.07, 6.45) is 0.263. The normalized spacial score (nSPS) is 11.8. The molecule has 0 aliphatic rings. The third kappa shape index (κ3) is 5.26. The largest absolute Gasteiger partial charge is 0.311 e. The molecule has 4 rings (SSSR count). The molecule has 0 unspecified atom stereocenters. The highest BCUT2D eigenvalue weighted by molar-refractivity contribution is 7.91. The van der Waals surface area contributed by atoms with E-state index >= 15 is 0 Å². The van der Waals surface area contributed by atoms with Gasteiger partial charge in [-0.05, 0) is 68.7 Å². The van der Waals surface area contributed by atoms with Crippen molar-refractivity contribution in [2.75, 3.05) is 11.1 Å². The summed E-state index contributed by atoms with van der Waals surface area (Å²) in [7, 11) is -3.48. The number of nitrogens with zero attached hydrogens (tertiary/aromatic N) is 3. The number of aryl methyl sites for hydroxylation is 3. The highest BCUT2D eigenvalue weighted by Crippen LogP contribution is 2.30. The van der Waals surface area contributed by atoms with Crippen LogP contribution in [-0.2, 0) is 14.6 Å². The van der Waals surface area contributed by atoms with Crippen molar-refractivity contribution in [1.82, 2.24) is 14.8 Å². The smallest absolute Gasteiger partial charge is 0.225 e. The Bertz CT molecular complexity index is 1440. The van der Waals surface area contributed by atoms with E-state index in [9.17, 15) is 13.2 Å². The molecule has 2 heterocycles. The summed E-state index contributed by atoms with van der Waals surface area (Å²) >= 11 is 7.32. The number of sulfone groups is 1. The molecule has 0 saturated carbocycles. The van der Waals surface area contributed by atoms with Crippen LogP contribution < -0.4 is 5.32 Å². The fourth-order valence-electron chi connectivity index (χ4n) is 3.57. The summed E-state index contributed by atoms with van der Waals surface area (Å²) in [5.41, 5.74) is 3.90. The van der Waals surface area contributed by atoms with Gasteiger partial charge in [0.05, 0.1) is 26.6 Å². The average Bonchev–Trinajstić information content (AvgIpc) is 3.31. The number of hydrogen-bond donors (Lipinski definition) is 1. The molecule has 172 valence electrons. The lowest BCUT2D eigenvalue weighted by molar-refractivity contribution is -0.116. The molecule has 10 heteroatoms. The van der Waals surface area contributed by atoms with E-state index in [2.05, 4.69) is 22.5 Å². The monoisotopic (exact) mass is 502 g/mol. The van der Waals surface area contributed by atoms with Crippen LogP contribution in [0.4, 0.5) is 5.82 Å². The van der Waals surface area contributed by atoms with Gasteiger partial charge in [0.15, 0.2) is 9.84 Å². The molecule has 0 aliphatic heterocycles. The number of amides is 1. The highest BCUT2D eigenvalue weighted by atomic mass is 35.5. The maximum Gasteiger partial charge on any atom is 0.225 e. The molecule has 0 bridgehead atoms. The van der Waals surface area contributed by atoms with Gasteiger partial charge in [-0.3, -0.25) is 4.79 Å². The predicted octanol–water partition coefficient (Wildman–Crippen LogP) is 5.25. The average molecular weight is 503 g/mol. The number of nitrogens with one attached hydrogen (secondary N) is 1. The molecule has 4 aromatic rings. The number of anilines is 1. The van der Waals surface area contributed by atoms with Gasteiger partial charge in [0.1, 0.15) is 5.82 Å². The number of thiazole rings is 1. The molecule has 0 radical (unpaired) electrons. The van der Waals surface area contributed by atoms with Crippen LogP contribution in [0.15, 0.2) is 47.4 Å². The first kappa shape index (κ1) is 23.4. The van der Waals surface area contributed by atoms with Crippen LogP contribution in [0.2, 0.25) is 5.02 Å². The van der Waals surface area contributed by atoms with Crippen LogP contribution in [0.3, 0.4) is 0 Å². The molecule has 0 fully saturated rings. The van der Waals surface area contributed by atoms with E-state index in [1.54, 1.807) is 10.7 Å². The maximum atomic E-state index is 12.6. The molecule has 2 aromatic carbocycles. The number of rotatable bonds is 7. The second-order valence-corrected chi connectivity index (χ2v) is 11.5. The molecule has 1 N–H and O–H groups in total. The van der Waals surface area contributed by atoms with Gasteiger partial charge in [-0.2, -0.15) is 9.78 Å². The summed E-state index contributed by atoms with van der Waals surface area (Å²) < 4.78 is 27.6. The number of hydrogen-bond acceptors (Lipinski definition) is 6. The fourth-order valence-corrected chi connectivity index (χ4v) is 6.12. The van der Waals surface area contributed by atoms with Crippen molar-refractivity contribution in [3.8, 4) is 5.13 Å². The lowest BCUT2D eigenvalue weighted by atomic mass is 10.1. The van der Waals surface area contributed by atoms with Crippen molar-refractivity contribution in [3.05, 3.63) is 64.3 Å². The van der Waals surface area contributed by atoms with E-state index in [1.165, 1.54) is 35.6 Å². The molecular weight excluding hydrogens is 480 g/mol. The van der Waals surface area contributed by atoms with E-state index in [0.717, 1.165) is 27.0 Å². The van der Waals surface area contributed by atoms with Gasteiger partial charge < -0.3 is 5.32 Å². The number of carbonyl (C=O) groups excluding carboxylic acids is 1. The quantitative estimate of drug-likeness (QED) is 0.372. The Labute approximate surface area is 201 Å². The van der Waals surface area contributed by atoms with E-state index in [4.69, 9.17) is 16.6 Å². The van der Waals surface area contributed by atoms with E-state index in [0.29, 0.717) is 16.0 Å². The Balaban J connectivity index is 1.45. The van der Waals surface area contributed by atoms with Crippen molar-refractivity contribution in [2.24, 2.45) is 0 Å². The Morgan fingerprint density at radius 2 is 1.85 bits per heavy atom. The second kappa shape index (κ2) is 9.24. The summed E-state index contributed by atoms with van der Waals surface area (Å²) in [4.78, 5) is 17.5. The van der Waals surface area contributed by atoms with Gasteiger partial charge in [0.2, 0.25) is 11.0 Å². The van der Waals surface area contributed by atoms with E-state index < -0.39 is 9.84 Å². The minimum absolute atomic E-state index is 0.0647. The predicted molar refractivity (Wildman–Crippen MR) is 132 cm³/mol. The first-order chi connectivity index (χ1) is 15.6. The van der Waals surface area contributed by atoms with Crippen molar-refractivity contribution >= 4 is 54.7 Å². The molecule has 2 aromatic heterocycles. The van der Waals surface area contributed by atoms with E-state index in [-0.39, 0.29) is 29.4 Å². The van der Waals surface area contributed by atoms with Crippen LogP contribution in [0.5, 0.6) is 0 Å². The number of aromatic nitrogens is 3. The lowest BCUT2D eigenvalue weighted by Gasteiger charge is -2.07. The third-order valence-electron chi connectivity index (χ3n) is 5.09. The van der Waals surface area contributed by atoms with Gasteiger partial charge in [-0.25, -0.2) is 13.4 Å². The molecule has 0 spiro atoms. The van der Waals surface area contributed by atoms with Crippen LogP contribution >= 0.6 is 22.9 Å². The van der Waals surface area contributed by atoms with Crippen LogP contribution in [0, 0.1) is 20.8 Å². The summed E-state index contributed by atoms with van der Waals surface area (Å²) in [5.74, 6) is 0.0960. The second-order valence-electron chi connectivity index (χ2n) is 7.93. The Kier molecular flexibility index (Phi) is 6.56. The van der Waals surface area contributed by atoms with Crippen molar-refractivity contribution < 1.29 is 13.2 Å². The number of halogens is 1.